The first-order valence-electron chi connectivity index (χ1n) is 11.7. The zero-order chi connectivity index (χ0) is 23.6. The Bertz CT molecular complexity index is 1430. The number of hydrogen-bond acceptors (Lipinski definition) is 4. The number of hydrogen-bond donors (Lipinski definition) is 0. The number of carbonyl (C=O) groups is 1. The lowest BCUT2D eigenvalue weighted by Gasteiger charge is -2.36. The van der Waals surface area contributed by atoms with Gasteiger partial charge in [-0.05, 0) is 49.4 Å². The van der Waals surface area contributed by atoms with Gasteiger partial charge in [-0.15, -0.1) is 0 Å². The molecule has 0 saturated heterocycles. The first-order chi connectivity index (χ1) is 16.4. The lowest BCUT2D eigenvalue weighted by molar-refractivity contribution is -0.121. The number of halogens is 1. The number of nitrogens with zero attached hydrogens (tertiary/aromatic N) is 4. The average molecular weight is 451 g/mol. The molecule has 3 atom stereocenters. The Morgan fingerprint density at radius 2 is 1.97 bits per heavy atom. The summed E-state index contributed by atoms with van der Waals surface area (Å²) in [5.41, 5.74) is 4.07. The quantitative estimate of drug-likeness (QED) is 0.482. The Morgan fingerprint density at radius 3 is 2.71 bits per heavy atom. The summed E-state index contributed by atoms with van der Waals surface area (Å²) in [5.74, 6) is 0.142. The van der Waals surface area contributed by atoms with E-state index in [1.165, 1.54) is 6.07 Å². The number of fused-ring (bicyclic) bond motifs is 3. The molecular formula is C28H23FN4O. The van der Waals surface area contributed by atoms with E-state index in [0.29, 0.717) is 29.4 Å². The number of pyridine rings is 1. The fraction of sp³-hybridized carbons (Fsp3) is 0.321. The molecule has 2 aromatic heterocycles. The second-order valence-electron chi connectivity index (χ2n) is 9.83. The average Bonchev–Trinajstić information content (AvgIpc) is 3.66. The predicted molar refractivity (Wildman–Crippen MR) is 126 cm³/mol. The number of aromatic nitrogens is 3. The number of allylic oxidation sites excluding steroid dienone is 2. The van der Waals surface area contributed by atoms with Crippen LogP contribution < -0.4 is 0 Å². The minimum atomic E-state index is -0.605. The number of carbonyl (C=O) groups excluding carboxylic acids is 1. The second kappa shape index (κ2) is 7.39. The summed E-state index contributed by atoms with van der Waals surface area (Å²) in [6, 6.07) is 10.6. The van der Waals surface area contributed by atoms with Gasteiger partial charge in [-0.2, -0.15) is 0 Å². The van der Waals surface area contributed by atoms with Gasteiger partial charge in [0.2, 0.25) is 5.70 Å². The van der Waals surface area contributed by atoms with E-state index in [1.54, 1.807) is 30.5 Å². The molecule has 34 heavy (non-hydrogen) atoms. The topological polar surface area (TPSA) is 60.1 Å². The summed E-state index contributed by atoms with van der Waals surface area (Å²) in [7, 11) is 0. The summed E-state index contributed by atoms with van der Waals surface area (Å²) >= 11 is 0. The monoisotopic (exact) mass is 450 g/mol. The van der Waals surface area contributed by atoms with Crippen LogP contribution >= 0.6 is 0 Å². The molecule has 6 rings (SSSR count). The van der Waals surface area contributed by atoms with Crippen LogP contribution in [0.3, 0.4) is 0 Å². The summed E-state index contributed by atoms with van der Waals surface area (Å²) in [6.07, 6.45) is 6.40. The van der Waals surface area contributed by atoms with Crippen LogP contribution in [0.4, 0.5) is 4.39 Å². The molecule has 3 aliphatic rings. The highest BCUT2D eigenvalue weighted by Crippen LogP contribution is 2.53. The van der Waals surface area contributed by atoms with E-state index in [4.69, 9.17) is 16.5 Å². The zero-order valence-electron chi connectivity index (χ0n) is 19.0. The molecule has 1 aromatic carbocycles. The molecule has 0 radical (unpaired) electrons. The highest BCUT2D eigenvalue weighted by atomic mass is 19.1. The van der Waals surface area contributed by atoms with Crippen molar-refractivity contribution in [1.82, 2.24) is 15.0 Å². The minimum absolute atomic E-state index is 0.0601. The zero-order valence-corrected chi connectivity index (χ0v) is 19.0. The molecule has 2 heterocycles. The molecule has 0 amide bonds. The fourth-order valence-corrected chi connectivity index (χ4v) is 5.66. The fourth-order valence-electron chi connectivity index (χ4n) is 5.66. The van der Waals surface area contributed by atoms with E-state index in [0.717, 1.165) is 35.4 Å². The summed E-state index contributed by atoms with van der Waals surface area (Å²) in [5, 5.41) is 0. The molecule has 3 aromatic rings. The van der Waals surface area contributed by atoms with Gasteiger partial charge in [0.05, 0.1) is 18.0 Å². The molecule has 0 aliphatic heterocycles. The van der Waals surface area contributed by atoms with Crippen molar-refractivity contribution in [1.29, 1.82) is 0 Å². The van der Waals surface area contributed by atoms with Crippen molar-refractivity contribution in [2.45, 2.75) is 44.4 Å². The molecule has 1 saturated carbocycles. The first-order valence-corrected chi connectivity index (χ1v) is 11.7. The molecule has 1 fully saturated rings. The van der Waals surface area contributed by atoms with Gasteiger partial charge >= 0.3 is 0 Å². The molecule has 5 nitrogen and oxygen atoms in total. The van der Waals surface area contributed by atoms with Gasteiger partial charge in [-0.3, -0.25) is 4.98 Å². The van der Waals surface area contributed by atoms with Gasteiger partial charge in [0.15, 0.2) is 11.6 Å². The molecule has 6 heteroatoms. The minimum Gasteiger partial charge on any atom is -0.308 e. The second-order valence-corrected chi connectivity index (χ2v) is 9.83. The molecule has 3 aliphatic carbocycles. The lowest BCUT2D eigenvalue weighted by atomic mass is 9.67. The maximum absolute atomic E-state index is 15.0. The molecular weight excluding hydrogens is 427 g/mol. The highest BCUT2D eigenvalue weighted by Gasteiger charge is 2.52. The molecule has 0 N–H and O–H groups in total. The van der Waals surface area contributed by atoms with E-state index in [2.05, 4.69) is 9.83 Å². The standard InChI is InChI=1S/C28H23FN4O/c1-15-20-13-19-24(18-6-4-5-7-21(18)29)32-27(17-10-11-31-22(12-17)16-8-9-16)33-26(19)28(20,2)14-23(30-3)25(15)34/h4-7,10-12,14-16,20H,8-9,13H2,1-2H3/t15-,20-,28-/m1/s1. The molecule has 168 valence electrons. The Kier molecular flexibility index (Phi) is 4.54. The van der Waals surface area contributed by atoms with E-state index >= 15 is 4.39 Å². The third-order valence-electron chi connectivity index (χ3n) is 7.70. The van der Waals surface area contributed by atoms with Crippen LogP contribution in [0.1, 0.15) is 49.6 Å². The first kappa shape index (κ1) is 20.9. The number of ketones is 1. The van der Waals surface area contributed by atoms with Crippen molar-refractivity contribution in [3.8, 4) is 22.6 Å². The Balaban J connectivity index is 1.61. The van der Waals surface area contributed by atoms with E-state index in [-0.39, 0.29) is 29.1 Å². The Morgan fingerprint density at radius 1 is 1.18 bits per heavy atom. The highest BCUT2D eigenvalue weighted by molar-refractivity contribution is 6.00. The number of rotatable bonds is 3. The van der Waals surface area contributed by atoms with E-state index in [9.17, 15) is 4.79 Å². The SMILES string of the molecule is [C-]#[N+]C1=C[C@@]2(C)c3nc(-c4ccnc(C5CC5)c4)nc(-c4ccccc4F)c3C[C@@H]2[C@@H](C)C1=O. The van der Waals surface area contributed by atoms with E-state index in [1.807, 2.05) is 26.0 Å². The van der Waals surface area contributed by atoms with Crippen LogP contribution in [-0.2, 0) is 16.6 Å². The van der Waals surface area contributed by atoms with Gasteiger partial charge in [-0.1, -0.05) is 32.1 Å². The predicted octanol–water partition coefficient (Wildman–Crippen LogP) is 5.67. The van der Waals surface area contributed by atoms with Gasteiger partial charge in [-0.25, -0.2) is 19.2 Å². The van der Waals surface area contributed by atoms with Crippen LogP contribution in [0.2, 0.25) is 0 Å². The smallest absolute Gasteiger partial charge is 0.226 e. The van der Waals surface area contributed by atoms with Crippen molar-refractivity contribution in [3.05, 3.63) is 88.6 Å². The van der Waals surface area contributed by atoms with Crippen molar-refractivity contribution in [2.24, 2.45) is 11.8 Å². The van der Waals surface area contributed by atoms with Crippen molar-refractivity contribution >= 4 is 5.78 Å². The Hall–Kier alpha value is -3.72. The summed E-state index contributed by atoms with van der Waals surface area (Å²) in [4.78, 5) is 30.8. The van der Waals surface area contributed by atoms with Crippen LogP contribution in [0.25, 0.3) is 27.5 Å². The maximum atomic E-state index is 15.0. The number of benzene rings is 1. The lowest BCUT2D eigenvalue weighted by Crippen LogP contribution is -2.39. The maximum Gasteiger partial charge on any atom is 0.226 e. The normalized spacial score (nSPS) is 25.4. The van der Waals surface area contributed by atoms with Crippen LogP contribution in [-0.4, -0.2) is 20.7 Å². The Labute approximate surface area is 197 Å². The molecule has 0 unspecified atom stereocenters. The molecule has 0 spiro atoms. The van der Waals surface area contributed by atoms with Gasteiger partial charge in [0.1, 0.15) is 5.82 Å². The molecule has 0 bridgehead atoms. The van der Waals surface area contributed by atoms with E-state index < -0.39 is 5.41 Å². The number of Topliss-reactive ketones (excluding diaryl/α,β-unsaturated/α-hetero) is 1. The van der Waals surface area contributed by atoms with Crippen molar-refractivity contribution in [2.75, 3.05) is 0 Å². The van der Waals surface area contributed by atoms with Gasteiger partial charge in [0, 0.05) is 45.8 Å². The summed E-state index contributed by atoms with van der Waals surface area (Å²) in [6.45, 7) is 11.5. The largest absolute Gasteiger partial charge is 0.308 e. The summed E-state index contributed by atoms with van der Waals surface area (Å²) < 4.78 is 15.0. The van der Waals surface area contributed by atoms with Gasteiger partial charge < -0.3 is 4.79 Å². The third kappa shape index (κ3) is 3.03. The van der Waals surface area contributed by atoms with Crippen LogP contribution in [0.15, 0.2) is 54.4 Å². The third-order valence-corrected chi connectivity index (χ3v) is 7.70. The van der Waals surface area contributed by atoms with Crippen LogP contribution in [0.5, 0.6) is 0 Å². The van der Waals surface area contributed by atoms with Crippen LogP contribution in [0, 0.1) is 24.2 Å². The van der Waals surface area contributed by atoms with Gasteiger partial charge in [0.25, 0.3) is 0 Å². The van der Waals surface area contributed by atoms with Crippen molar-refractivity contribution in [3.63, 3.8) is 0 Å². The van der Waals surface area contributed by atoms with Crippen molar-refractivity contribution < 1.29 is 9.18 Å².